The van der Waals surface area contributed by atoms with Gasteiger partial charge in [0.2, 0.25) is 0 Å². The molecular weight excluding hydrogens is 328 g/mol. The minimum absolute atomic E-state index is 0.0499. The summed E-state index contributed by atoms with van der Waals surface area (Å²) < 4.78 is 10.7. The van der Waals surface area contributed by atoms with Crippen molar-refractivity contribution in [2.75, 3.05) is 0 Å². The van der Waals surface area contributed by atoms with Crippen molar-refractivity contribution in [1.82, 2.24) is 0 Å². The van der Waals surface area contributed by atoms with Crippen molar-refractivity contribution in [3.63, 3.8) is 0 Å². The van der Waals surface area contributed by atoms with E-state index in [0.29, 0.717) is 11.1 Å². The van der Waals surface area contributed by atoms with Gasteiger partial charge in [-0.05, 0) is 67.6 Å². The Labute approximate surface area is 152 Å². The fourth-order valence-electron chi connectivity index (χ4n) is 2.89. The molecule has 0 N–H and O–H groups in total. The third-order valence-corrected chi connectivity index (χ3v) is 4.75. The fourth-order valence-corrected chi connectivity index (χ4v) is 2.89. The van der Waals surface area contributed by atoms with Crippen LogP contribution in [0.25, 0.3) is 11.0 Å². The molecule has 4 heteroatoms. The van der Waals surface area contributed by atoms with Crippen LogP contribution < -0.4 is 5.63 Å². The molecule has 0 amide bonds. The molecule has 0 aliphatic carbocycles. The highest BCUT2D eigenvalue weighted by atomic mass is 16.5. The van der Waals surface area contributed by atoms with Crippen molar-refractivity contribution in [2.45, 2.75) is 40.7 Å². The Hall–Kier alpha value is -2.88. The first kappa shape index (κ1) is 17.9. The van der Waals surface area contributed by atoms with Gasteiger partial charge in [-0.3, -0.25) is 4.79 Å². The average Bonchev–Trinajstić information content (AvgIpc) is 2.57. The minimum atomic E-state index is -0.444. The molecule has 1 aromatic heterocycles. The smallest absolute Gasteiger partial charge is 0.336 e. The van der Waals surface area contributed by atoms with Crippen LogP contribution in [0.15, 0.2) is 45.6 Å². The first-order chi connectivity index (χ1) is 12.3. The molecule has 134 valence electrons. The first-order valence-electron chi connectivity index (χ1n) is 8.59. The van der Waals surface area contributed by atoms with E-state index < -0.39 is 5.63 Å². The van der Waals surface area contributed by atoms with E-state index in [9.17, 15) is 9.59 Å². The zero-order valence-corrected chi connectivity index (χ0v) is 15.5. The molecule has 0 fully saturated rings. The zero-order chi connectivity index (χ0) is 18.8. The summed E-state index contributed by atoms with van der Waals surface area (Å²) in [6, 6.07) is 11.1. The fraction of sp³-hybridized carbons (Fsp3) is 0.273. The SMILES string of the molecule is Cc1ccc(CC(=O)OCc2cc(=O)oc3cc(C)c(C)cc23)cc1C. The number of hydrogen-bond acceptors (Lipinski definition) is 4. The molecule has 0 spiro atoms. The third-order valence-electron chi connectivity index (χ3n) is 4.75. The summed E-state index contributed by atoms with van der Waals surface area (Å²) in [7, 11) is 0. The molecule has 0 aliphatic rings. The lowest BCUT2D eigenvalue weighted by molar-refractivity contribution is -0.144. The Morgan fingerprint density at radius 3 is 2.35 bits per heavy atom. The van der Waals surface area contributed by atoms with Crippen LogP contribution in [0.3, 0.4) is 0 Å². The van der Waals surface area contributed by atoms with Crippen molar-refractivity contribution in [1.29, 1.82) is 0 Å². The van der Waals surface area contributed by atoms with Gasteiger partial charge in [0.25, 0.3) is 0 Å². The Kier molecular flexibility index (Phi) is 4.94. The number of fused-ring (bicyclic) bond motifs is 1. The van der Waals surface area contributed by atoms with Crippen LogP contribution in [0.1, 0.15) is 33.4 Å². The molecule has 0 atom stereocenters. The quantitative estimate of drug-likeness (QED) is 0.520. The summed E-state index contributed by atoms with van der Waals surface area (Å²) in [5, 5.41) is 0.798. The van der Waals surface area contributed by atoms with Crippen molar-refractivity contribution in [3.8, 4) is 0 Å². The monoisotopic (exact) mass is 350 g/mol. The van der Waals surface area contributed by atoms with Gasteiger partial charge >= 0.3 is 11.6 Å². The normalized spacial score (nSPS) is 10.9. The summed E-state index contributed by atoms with van der Waals surface area (Å²) >= 11 is 0. The van der Waals surface area contributed by atoms with Crippen molar-refractivity contribution in [3.05, 3.63) is 80.2 Å². The lowest BCUT2D eigenvalue weighted by Gasteiger charge is -2.10. The van der Waals surface area contributed by atoms with E-state index in [4.69, 9.17) is 9.15 Å². The predicted molar refractivity (Wildman–Crippen MR) is 101 cm³/mol. The highest BCUT2D eigenvalue weighted by Gasteiger charge is 2.11. The predicted octanol–water partition coefficient (Wildman–Crippen LogP) is 4.31. The summed E-state index contributed by atoms with van der Waals surface area (Å²) in [5.74, 6) is -0.321. The van der Waals surface area contributed by atoms with Crippen molar-refractivity contribution < 1.29 is 13.9 Å². The van der Waals surface area contributed by atoms with Gasteiger partial charge in [-0.2, -0.15) is 0 Å². The van der Waals surface area contributed by atoms with Crippen LogP contribution in [0.4, 0.5) is 0 Å². The molecule has 0 saturated heterocycles. The summed E-state index contributed by atoms with van der Waals surface area (Å²) in [4.78, 5) is 24.0. The molecule has 3 rings (SSSR count). The van der Waals surface area contributed by atoms with Crippen LogP contribution in [0.2, 0.25) is 0 Å². The van der Waals surface area contributed by atoms with Gasteiger partial charge in [-0.25, -0.2) is 4.79 Å². The maximum atomic E-state index is 12.2. The van der Waals surface area contributed by atoms with E-state index >= 15 is 0 Å². The molecule has 4 nitrogen and oxygen atoms in total. The second kappa shape index (κ2) is 7.16. The van der Waals surface area contributed by atoms with Crippen LogP contribution in [0, 0.1) is 27.7 Å². The van der Waals surface area contributed by atoms with E-state index in [-0.39, 0.29) is 19.0 Å². The molecule has 3 aromatic rings. The van der Waals surface area contributed by atoms with E-state index in [0.717, 1.165) is 27.6 Å². The van der Waals surface area contributed by atoms with E-state index in [2.05, 4.69) is 0 Å². The molecule has 0 aliphatic heterocycles. The standard InChI is InChI=1S/C22H22O4/c1-13-5-6-17(7-14(13)2)10-21(23)25-12-18-11-22(24)26-20-9-16(4)15(3)8-19(18)20/h5-9,11H,10,12H2,1-4H3. The maximum absolute atomic E-state index is 12.2. The summed E-state index contributed by atoms with van der Waals surface area (Å²) in [6.45, 7) is 8.06. The number of rotatable bonds is 4. The third kappa shape index (κ3) is 3.85. The number of carbonyl (C=O) groups is 1. The Morgan fingerprint density at radius 2 is 1.62 bits per heavy atom. The Bertz CT molecular complexity index is 1040. The molecule has 0 unspecified atom stereocenters. The number of esters is 1. The summed E-state index contributed by atoms with van der Waals surface area (Å²) in [5.41, 5.74) is 6.12. The molecular formula is C22H22O4. The summed E-state index contributed by atoms with van der Waals surface area (Å²) in [6.07, 6.45) is 0.207. The number of carbonyl (C=O) groups excluding carboxylic acids is 1. The highest BCUT2D eigenvalue weighted by Crippen LogP contribution is 2.22. The van der Waals surface area contributed by atoms with Crippen LogP contribution in [-0.4, -0.2) is 5.97 Å². The number of ether oxygens (including phenoxy) is 1. The Morgan fingerprint density at radius 1 is 0.923 bits per heavy atom. The van der Waals surface area contributed by atoms with Crippen molar-refractivity contribution >= 4 is 16.9 Å². The van der Waals surface area contributed by atoms with Crippen LogP contribution in [-0.2, 0) is 22.6 Å². The lowest BCUT2D eigenvalue weighted by Crippen LogP contribution is -2.10. The van der Waals surface area contributed by atoms with Crippen molar-refractivity contribution in [2.24, 2.45) is 0 Å². The van der Waals surface area contributed by atoms with Gasteiger partial charge in [0, 0.05) is 17.0 Å². The van der Waals surface area contributed by atoms with E-state index in [1.807, 2.05) is 58.0 Å². The maximum Gasteiger partial charge on any atom is 0.336 e. The molecule has 0 saturated carbocycles. The minimum Gasteiger partial charge on any atom is -0.461 e. The molecule has 1 heterocycles. The van der Waals surface area contributed by atoms with Gasteiger partial charge in [0.15, 0.2) is 0 Å². The van der Waals surface area contributed by atoms with E-state index in [1.165, 1.54) is 11.6 Å². The second-order valence-corrected chi connectivity index (χ2v) is 6.78. The molecule has 2 aromatic carbocycles. The van der Waals surface area contributed by atoms with Gasteiger partial charge in [-0.1, -0.05) is 18.2 Å². The zero-order valence-electron chi connectivity index (χ0n) is 15.5. The van der Waals surface area contributed by atoms with Gasteiger partial charge in [-0.15, -0.1) is 0 Å². The number of hydrogen-bond donors (Lipinski definition) is 0. The van der Waals surface area contributed by atoms with E-state index in [1.54, 1.807) is 0 Å². The average molecular weight is 350 g/mol. The van der Waals surface area contributed by atoms with Gasteiger partial charge in [0.05, 0.1) is 6.42 Å². The highest BCUT2D eigenvalue weighted by molar-refractivity contribution is 5.82. The topological polar surface area (TPSA) is 56.5 Å². The molecule has 26 heavy (non-hydrogen) atoms. The lowest BCUT2D eigenvalue weighted by atomic mass is 10.0. The number of aryl methyl sites for hydroxylation is 4. The Balaban J connectivity index is 1.78. The second-order valence-electron chi connectivity index (χ2n) is 6.78. The largest absolute Gasteiger partial charge is 0.461 e. The molecule has 0 radical (unpaired) electrons. The first-order valence-corrected chi connectivity index (χ1v) is 8.59. The van der Waals surface area contributed by atoms with Gasteiger partial charge < -0.3 is 9.15 Å². The molecule has 0 bridgehead atoms. The van der Waals surface area contributed by atoms with Crippen LogP contribution >= 0.6 is 0 Å². The van der Waals surface area contributed by atoms with Gasteiger partial charge in [0.1, 0.15) is 12.2 Å². The number of benzene rings is 2. The van der Waals surface area contributed by atoms with Crippen LogP contribution in [0.5, 0.6) is 0 Å².